The Morgan fingerprint density at radius 2 is 1.94 bits per heavy atom. The van der Waals surface area contributed by atoms with E-state index in [-0.39, 0.29) is 6.04 Å². The van der Waals surface area contributed by atoms with Gasteiger partial charge in [0.15, 0.2) is 0 Å². The van der Waals surface area contributed by atoms with Gasteiger partial charge in [0.05, 0.1) is 6.04 Å². The number of benzene rings is 1. The molecule has 88 valence electrons. The van der Waals surface area contributed by atoms with E-state index < -0.39 is 0 Å². The van der Waals surface area contributed by atoms with Crippen LogP contribution in [0.25, 0.3) is 0 Å². The van der Waals surface area contributed by atoms with Gasteiger partial charge in [-0.05, 0) is 42.8 Å². The molecule has 0 fully saturated rings. The molecule has 0 aliphatic heterocycles. The van der Waals surface area contributed by atoms with Crippen LogP contribution in [0.3, 0.4) is 0 Å². The van der Waals surface area contributed by atoms with Crippen LogP contribution in [-0.2, 0) is 0 Å². The lowest BCUT2D eigenvalue weighted by Gasteiger charge is -2.20. The summed E-state index contributed by atoms with van der Waals surface area (Å²) < 4.78 is 1.11. The van der Waals surface area contributed by atoms with Gasteiger partial charge < -0.3 is 5.32 Å². The quantitative estimate of drug-likeness (QED) is 0.936. The molecule has 1 unspecified atom stereocenters. The van der Waals surface area contributed by atoms with Gasteiger partial charge in [0.2, 0.25) is 0 Å². The molecule has 0 bridgehead atoms. The largest absolute Gasteiger partial charge is 0.309 e. The van der Waals surface area contributed by atoms with E-state index in [1.165, 1.54) is 16.7 Å². The molecule has 0 saturated carbocycles. The summed E-state index contributed by atoms with van der Waals surface area (Å²) >= 11 is 3.60. The van der Waals surface area contributed by atoms with Crippen molar-refractivity contribution in [3.63, 3.8) is 0 Å². The fraction of sp³-hybridized carbons (Fsp3) is 0.214. The van der Waals surface area contributed by atoms with E-state index in [1.807, 2.05) is 31.6 Å². The highest BCUT2D eigenvalue weighted by molar-refractivity contribution is 9.10. The first-order chi connectivity index (χ1) is 8.24. The second-order valence-corrected chi connectivity index (χ2v) is 4.83. The lowest BCUT2D eigenvalue weighted by molar-refractivity contribution is 0.681. The van der Waals surface area contributed by atoms with Gasteiger partial charge in [0.1, 0.15) is 0 Å². The minimum atomic E-state index is 0.166. The van der Waals surface area contributed by atoms with E-state index >= 15 is 0 Å². The van der Waals surface area contributed by atoms with Crippen molar-refractivity contribution in [1.29, 1.82) is 0 Å². The molecule has 1 aromatic heterocycles. The van der Waals surface area contributed by atoms with Gasteiger partial charge in [0.25, 0.3) is 0 Å². The van der Waals surface area contributed by atoms with Gasteiger partial charge in [-0.15, -0.1) is 0 Å². The van der Waals surface area contributed by atoms with Crippen molar-refractivity contribution in [3.8, 4) is 0 Å². The van der Waals surface area contributed by atoms with E-state index in [0.29, 0.717) is 0 Å². The number of aryl methyl sites for hydroxylation is 1. The van der Waals surface area contributed by atoms with Gasteiger partial charge in [-0.1, -0.05) is 34.1 Å². The Labute approximate surface area is 110 Å². The van der Waals surface area contributed by atoms with Crippen molar-refractivity contribution >= 4 is 15.9 Å². The van der Waals surface area contributed by atoms with Gasteiger partial charge in [-0.3, -0.25) is 4.98 Å². The number of hydrogen-bond acceptors (Lipinski definition) is 2. The highest BCUT2D eigenvalue weighted by atomic mass is 79.9. The van der Waals surface area contributed by atoms with Crippen molar-refractivity contribution in [3.05, 3.63) is 63.9 Å². The Hall–Kier alpha value is -1.19. The van der Waals surface area contributed by atoms with E-state index in [0.717, 1.165) is 4.47 Å². The summed E-state index contributed by atoms with van der Waals surface area (Å²) in [5, 5.41) is 3.35. The maximum Gasteiger partial charge on any atom is 0.0603 e. The molecule has 0 saturated heterocycles. The molecule has 1 atom stereocenters. The summed E-state index contributed by atoms with van der Waals surface area (Å²) in [4.78, 5) is 4.21. The third-order valence-electron chi connectivity index (χ3n) is 2.90. The van der Waals surface area contributed by atoms with Crippen molar-refractivity contribution in [2.45, 2.75) is 13.0 Å². The lowest BCUT2D eigenvalue weighted by atomic mass is 9.97. The number of rotatable bonds is 3. The first-order valence-corrected chi connectivity index (χ1v) is 6.35. The third-order valence-corrected chi connectivity index (χ3v) is 3.62. The number of hydrogen-bond donors (Lipinski definition) is 1. The highest BCUT2D eigenvalue weighted by Crippen LogP contribution is 2.29. The molecule has 2 aromatic rings. The van der Waals surface area contributed by atoms with Crippen molar-refractivity contribution < 1.29 is 0 Å². The van der Waals surface area contributed by atoms with Crippen molar-refractivity contribution in [2.75, 3.05) is 7.05 Å². The molecular formula is C14H15BrN2. The maximum absolute atomic E-state index is 4.21. The standard InChI is InChI=1S/C14H15BrN2/c1-10-7-8-17-9-12(10)14(16-2)11-5-3-4-6-13(11)15/h3-9,14,16H,1-2H3. The molecule has 0 aliphatic carbocycles. The van der Waals surface area contributed by atoms with Gasteiger partial charge in [-0.25, -0.2) is 0 Å². The molecule has 0 spiro atoms. The molecular weight excluding hydrogens is 276 g/mol. The van der Waals surface area contributed by atoms with Crippen LogP contribution in [0.5, 0.6) is 0 Å². The topological polar surface area (TPSA) is 24.9 Å². The molecule has 0 radical (unpaired) electrons. The van der Waals surface area contributed by atoms with Crippen LogP contribution >= 0.6 is 15.9 Å². The first kappa shape index (κ1) is 12.3. The Morgan fingerprint density at radius 1 is 1.18 bits per heavy atom. The Morgan fingerprint density at radius 3 is 2.59 bits per heavy atom. The predicted molar refractivity (Wildman–Crippen MR) is 74.0 cm³/mol. The molecule has 17 heavy (non-hydrogen) atoms. The summed E-state index contributed by atoms with van der Waals surface area (Å²) in [6.45, 7) is 2.11. The first-order valence-electron chi connectivity index (χ1n) is 5.56. The SMILES string of the molecule is CNC(c1cnccc1C)c1ccccc1Br. The summed E-state index contributed by atoms with van der Waals surface area (Å²) in [6.07, 6.45) is 3.75. The fourth-order valence-corrected chi connectivity index (χ4v) is 2.48. The average Bonchev–Trinajstić information content (AvgIpc) is 2.34. The minimum absolute atomic E-state index is 0.166. The van der Waals surface area contributed by atoms with Crippen LogP contribution in [0.1, 0.15) is 22.7 Å². The number of aromatic nitrogens is 1. The molecule has 2 rings (SSSR count). The van der Waals surface area contributed by atoms with E-state index in [1.54, 1.807) is 0 Å². The van der Waals surface area contributed by atoms with Crippen LogP contribution < -0.4 is 5.32 Å². The molecule has 2 nitrogen and oxygen atoms in total. The van der Waals surface area contributed by atoms with Crippen LogP contribution in [0.2, 0.25) is 0 Å². The fourth-order valence-electron chi connectivity index (χ4n) is 1.97. The molecule has 1 N–H and O–H groups in total. The van der Waals surface area contributed by atoms with Crippen LogP contribution in [0.4, 0.5) is 0 Å². The number of halogens is 1. The second kappa shape index (κ2) is 5.43. The Balaban J connectivity index is 2.48. The Bertz CT molecular complexity index is 466. The maximum atomic E-state index is 4.21. The van der Waals surface area contributed by atoms with E-state index in [2.05, 4.69) is 51.4 Å². The number of nitrogens with one attached hydrogen (secondary N) is 1. The summed E-state index contributed by atoms with van der Waals surface area (Å²) in [5.41, 5.74) is 3.68. The molecule has 1 aromatic carbocycles. The summed E-state index contributed by atoms with van der Waals surface area (Å²) in [6, 6.07) is 10.5. The summed E-state index contributed by atoms with van der Waals surface area (Å²) in [7, 11) is 1.97. The normalized spacial score (nSPS) is 12.4. The molecule has 3 heteroatoms. The van der Waals surface area contributed by atoms with E-state index in [9.17, 15) is 0 Å². The van der Waals surface area contributed by atoms with Gasteiger partial charge in [0, 0.05) is 16.9 Å². The molecule has 0 amide bonds. The van der Waals surface area contributed by atoms with E-state index in [4.69, 9.17) is 0 Å². The smallest absolute Gasteiger partial charge is 0.0603 e. The van der Waals surface area contributed by atoms with Gasteiger partial charge >= 0.3 is 0 Å². The second-order valence-electron chi connectivity index (χ2n) is 3.98. The zero-order valence-corrected chi connectivity index (χ0v) is 11.5. The molecule has 0 aliphatic rings. The molecule has 1 heterocycles. The monoisotopic (exact) mass is 290 g/mol. The zero-order valence-electron chi connectivity index (χ0n) is 9.94. The van der Waals surface area contributed by atoms with Crippen LogP contribution in [0, 0.1) is 6.92 Å². The summed E-state index contributed by atoms with van der Waals surface area (Å²) in [5.74, 6) is 0. The lowest BCUT2D eigenvalue weighted by Crippen LogP contribution is -2.19. The Kier molecular flexibility index (Phi) is 3.92. The number of pyridine rings is 1. The average molecular weight is 291 g/mol. The zero-order chi connectivity index (χ0) is 12.3. The van der Waals surface area contributed by atoms with Crippen LogP contribution in [0.15, 0.2) is 47.2 Å². The van der Waals surface area contributed by atoms with Crippen LogP contribution in [-0.4, -0.2) is 12.0 Å². The predicted octanol–water partition coefficient (Wildman–Crippen LogP) is 3.46. The minimum Gasteiger partial charge on any atom is -0.309 e. The number of nitrogens with zero attached hydrogens (tertiary/aromatic N) is 1. The van der Waals surface area contributed by atoms with Crippen molar-refractivity contribution in [2.24, 2.45) is 0 Å². The van der Waals surface area contributed by atoms with Gasteiger partial charge in [-0.2, -0.15) is 0 Å². The third kappa shape index (κ3) is 2.56. The highest BCUT2D eigenvalue weighted by Gasteiger charge is 2.16. The van der Waals surface area contributed by atoms with Crippen molar-refractivity contribution in [1.82, 2.24) is 10.3 Å².